The minimum atomic E-state index is -0.331. The molecule has 1 atom stereocenters. The number of rotatable bonds is 14. The predicted octanol–water partition coefficient (Wildman–Crippen LogP) is -0.486. The SMILES string of the molecule is CC(CCO)(CN(CCCCO)CCCCO)NCO. The summed E-state index contributed by atoms with van der Waals surface area (Å²) in [6.07, 6.45) is 3.97. The summed E-state index contributed by atoms with van der Waals surface area (Å²) < 4.78 is 0. The molecule has 0 fully saturated rings. The van der Waals surface area contributed by atoms with Gasteiger partial charge in [0.2, 0.25) is 0 Å². The Morgan fingerprint density at radius 3 is 1.80 bits per heavy atom. The summed E-state index contributed by atoms with van der Waals surface area (Å²) in [5.74, 6) is 0. The van der Waals surface area contributed by atoms with Crippen LogP contribution in [0.15, 0.2) is 0 Å². The molecule has 0 rings (SSSR count). The number of unbranched alkanes of at least 4 members (excludes halogenated alkanes) is 2. The minimum Gasteiger partial charge on any atom is -0.396 e. The van der Waals surface area contributed by atoms with E-state index in [-0.39, 0.29) is 32.1 Å². The second-order valence-electron chi connectivity index (χ2n) is 5.51. The quantitative estimate of drug-likeness (QED) is 0.219. The van der Waals surface area contributed by atoms with Gasteiger partial charge in [0.1, 0.15) is 0 Å². The first kappa shape index (κ1) is 19.8. The summed E-state index contributed by atoms with van der Waals surface area (Å²) in [5, 5.41) is 39.0. The molecule has 0 bridgehead atoms. The molecule has 0 amide bonds. The molecule has 6 heteroatoms. The van der Waals surface area contributed by atoms with Crippen molar-refractivity contribution in [3.8, 4) is 0 Å². The number of hydrogen-bond donors (Lipinski definition) is 5. The third-order valence-electron chi connectivity index (χ3n) is 3.51. The third kappa shape index (κ3) is 9.63. The summed E-state index contributed by atoms with van der Waals surface area (Å²) in [4.78, 5) is 2.27. The van der Waals surface area contributed by atoms with E-state index in [1.165, 1.54) is 0 Å². The second-order valence-corrected chi connectivity index (χ2v) is 5.51. The summed E-state index contributed by atoms with van der Waals surface area (Å²) in [6.45, 7) is 4.83. The van der Waals surface area contributed by atoms with Gasteiger partial charge in [-0.1, -0.05) is 0 Å². The van der Waals surface area contributed by atoms with Crippen LogP contribution in [0.3, 0.4) is 0 Å². The molecule has 122 valence electrons. The number of hydrogen-bond acceptors (Lipinski definition) is 6. The van der Waals surface area contributed by atoms with Crippen molar-refractivity contribution in [3.63, 3.8) is 0 Å². The first-order chi connectivity index (χ1) is 9.61. The van der Waals surface area contributed by atoms with Crippen molar-refractivity contribution >= 4 is 0 Å². The largest absolute Gasteiger partial charge is 0.396 e. The van der Waals surface area contributed by atoms with Gasteiger partial charge < -0.3 is 25.3 Å². The molecule has 6 nitrogen and oxygen atoms in total. The lowest BCUT2D eigenvalue weighted by atomic mass is 9.97. The predicted molar refractivity (Wildman–Crippen MR) is 79.4 cm³/mol. The van der Waals surface area contributed by atoms with Crippen LogP contribution in [0.2, 0.25) is 0 Å². The highest BCUT2D eigenvalue weighted by Gasteiger charge is 2.25. The van der Waals surface area contributed by atoms with Gasteiger partial charge in [-0.05, 0) is 52.1 Å². The Kier molecular flexibility index (Phi) is 12.3. The topological polar surface area (TPSA) is 96.2 Å². The van der Waals surface area contributed by atoms with Gasteiger partial charge in [0.05, 0.1) is 6.73 Å². The van der Waals surface area contributed by atoms with Crippen LogP contribution in [-0.4, -0.2) is 77.1 Å². The fourth-order valence-corrected chi connectivity index (χ4v) is 2.32. The van der Waals surface area contributed by atoms with Crippen LogP contribution < -0.4 is 5.32 Å². The van der Waals surface area contributed by atoms with Gasteiger partial charge in [-0.15, -0.1) is 0 Å². The average Bonchev–Trinajstić information content (AvgIpc) is 2.39. The zero-order chi connectivity index (χ0) is 15.3. The van der Waals surface area contributed by atoms with E-state index in [1.807, 2.05) is 6.92 Å². The maximum absolute atomic E-state index is 9.16. The van der Waals surface area contributed by atoms with Crippen LogP contribution in [0, 0.1) is 0 Å². The molecule has 0 aromatic heterocycles. The first-order valence-corrected chi connectivity index (χ1v) is 7.52. The molecule has 0 saturated heterocycles. The summed E-state index contributed by atoms with van der Waals surface area (Å²) >= 11 is 0. The molecule has 0 aliphatic rings. The Morgan fingerprint density at radius 1 is 0.850 bits per heavy atom. The van der Waals surface area contributed by atoms with Crippen LogP contribution in [0.25, 0.3) is 0 Å². The fraction of sp³-hybridized carbons (Fsp3) is 1.00. The third-order valence-corrected chi connectivity index (χ3v) is 3.51. The Hall–Kier alpha value is -0.240. The number of nitrogens with zero attached hydrogens (tertiary/aromatic N) is 1. The Labute approximate surface area is 122 Å². The minimum absolute atomic E-state index is 0.0740. The van der Waals surface area contributed by atoms with Gasteiger partial charge in [-0.3, -0.25) is 5.32 Å². The van der Waals surface area contributed by atoms with E-state index in [4.69, 9.17) is 20.4 Å². The van der Waals surface area contributed by atoms with Crippen molar-refractivity contribution in [1.29, 1.82) is 0 Å². The monoisotopic (exact) mass is 292 g/mol. The summed E-state index contributed by atoms with van der Waals surface area (Å²) in [6, 6.07) is 0. The number of aliphatic hydroxyl groups excluding tert-OH is 4. The van der Waals surface area contributed by atoms with E-state index in [0.717, 1.165) is 45.3 Å². The molecule has 0 heterocycles. The highest BCUT2D eigenvalue weighted by Crippen LogP contribution is 2.13. The van der Waals surface area contributed by atoms with Crippen molar-refractivity contribution < 1.29 is 20.4 Å². The standard InChI is InChI=1S/C14H32N2O4/c1-14(6-11-19,15-13-20)12-16(7-2-4-9-17)8-3-5-10-18/h15,17-20H,2-13H2,1H3. The zero-order valence-corrected chi connectivity index (χ0v) is 12.7. The highest BCUT2D eigenvalue weighted by molar-refractivity contribution is 4.85. The van der Waals surface area contributed by atoms with Crippen LogP contribution in [0.4, 0.5) is 0 Å². The molecule has 1 unspecified atom stereocenters. The molecule has 0 spiro atoms. The molecular formula is C14H32N2O4. The van der Waals surface area contributed by atoms with E-state index in [9.17, 15) is 0 Å². The van der Waals surface area contributed by atoms with Gasteiger partial charge in [0.25, 0.3) is 0 Å². The Balaban J connectivity index is 4.38. The summed E-state index contributed by atoms with van der Waals surface area (Å²) in [7, 11) is 0. The van der Waals surface area contributed by atoms with Crippen molar-refractivity contribution in [2.24, 2.45) is 0 Å². The molecular weight excluding hydrogens is 260 g/mol. The molecule has 20 heavy (non-hydrogen) atoms. The lowest BCUT2D eigenvalue weighted by Crippen LogP contribution is -2.52. The van der Waals surface area contributed by atoms with Gasteiger partial charge >= 0.3 is 0 Å². The average molecular weight is 292 g/mol. The lowest BCUT2D eigenvalue weighted by Gasteiger charge is -2.36. The fourth-order valence-electron chi connectivity index (χ4n) is 2.32. The molecule has 5 N–H and O–H groups in total. The van der Waals surface area contributed by atoms with E-state index in [0.29, 0.717) is 6.42 Å². The maximum Gasteiger partial charge on any atom is 0.0936 e. The van der Waals surface area contributed by atoms with E-state index in [1.54, 1.807) is 0 Å². The summed E-state index contributed by atoms with van der Waals surface area (Å²) in [5.41, 5.74) is -0.331. The molecule has 0 aliphatic heterocycles. The normalized spacial score (nSPS) is 14.7. The molecule has 0 aromatic rings. The van der Waals surface area contributed by atoms with Crippen molar-refractivity contribution in [2.75, 3.05) is 46.2 Å². The smallest absolute Gasteiger partial charge is 0.0936 e. The molecule has 0 radical (unpaired) electrons. The zero-order valence-electron chi connectivity index (χ0n) is 12.7. The van der Waals surface area contributed by atoms with E-state index < -0.39 is 0 Å². The van der Waals surface area contributed by atoms with Crippen molar-refractivity contribution in [1.82, 2.24) is 10.2 Å². The molecule has 0 saturated carbocycles. The maximum atomic E-state index is 9.16. The first-order valence-electron chi connectivity index (χ1n) is 7.52. The Morgan fingerprint density at radius 2 is 1.40 bits per heavy atom. The Bertz CT molecular complexity index is 201. The van der Waals surface area contributed by atoms with Gasteiger partial charge in [-0.25, -0.2) is 0 Å². The highest BCUT2D eigenvalue weighted by atomic mass is 16.3. The van der Waals surface area contributed by atoms with Gasteiger partial charge in [0, 0.05) is 31.9 Å². The van der Waals surface area contributed by atoms with Crippen molar-refractivity contribution in [2.45, 2.75) is 44.6 Å². The van der Waals surface area contributed by atoms with Crippen LogP contribution in [-0.2, 0) is 0 Å². The molecule has 0 aromatic carbocycles. The number of nitrogens with one attached hydrogen (secondary N) is 1. The van der Waals surface area contributed by atoms with E-state index in [2.05, 4.69) is 10.2 Å². The van der Waals surface area contributed by atoms with Crippen LogP contribution >= 0.6 is 0 Å². The van der Waals surface area contributed by atoms with Crippen LogP contribution in [0.5, 0.6) is 0 Å². The van der Waals surface area contributed by atoms with Crippen LogP contribution in [0.1, 0.15) is 39.0 Å². The lowest BCUT2D eigenvalue weighted by molar-refractivity contribution is 0.116. The second kappa shape index (κ2) is 12.5. The van der Waals surface area contributed by atoms with E-state index >= 15 is 0 Å². The van der Waals surface area contributed by atoms with Crippen molar-refractivity contribution in [3.05, 3.63) is 0 Å². The number of aliphatic hydroxyl groups is 4. The van der Waals surface area contributed by atoms with Gasteiger partial charge in [0.15, 0.2) is 0 Å². The van der Waals surface area contributed by atoms with Gasteiger partial charge in [-0.2, -0.15) is 0 Å². The molecule has 0 aliphatic carbocycles.